The van der Waals surface area contributed by atoms with E-state index in [2.05, 4.69) is 37.9 Å². The summed E-state index contributed by atoms with van der Waals surface area (Å²) in [5.41, 5.74) is 0.626. The standard InChI is InChI=1S/C18H36N2O/c1-5-6-11-20(16-7-8-16)15-18(9-12-21-13-10-18)14-19-17(2,3)4/h16,19H,5-15H2,1-4H3. The summed E-state index contributed by atoms with van der Waals surface area (Å²) in [7, 11) is 0. The van der Waals surface area contributed by atoms with E-state index >= 15 is 0 Å². The van der Waals surface area contributed by atoms with Crippen LogP contribution in [-0.4, -0.2) is 49.3 Å². The van der Waals surface area contributed by atoms with Crippen LogP contribution in [0.5, 0.6) is 0 Å². The smallest absolute Gasteiger partial charge is 0.0472 e. The normalized spacial score (nSPS) is 22.7. The van der Waals surface area contributed by atoms with Crippen molar-refractivity contribution < 1.29 is 4.74 Å². The van der Waals surface area contributed by atoms with Crippen molar-refractivity contribution in [3.05, 3.63) is 0 Å². The number of rotatable bonds is 8. The Hall–Kier alpha value is -0.120. The van der Waals surface area contributed by atoms with E-state index in [0.29, 0.717) is 5.41 Å². The summed E-state index contributed by atoms with van der Waals surface area (Å²) >= 11 is 0. The molecular weight excluding hydrogens is 260 g/mol. The molecule has 1 aliphatic carbocycles. The molecule has 0 aromatic carbocycles. The van der Waals surface area contributed by atoms with E-state index in [1.807, 2.05) is 0 Å². The molecule has 0 unspecified atom stereocenters. The lowest BCUT2D eigenvalue weighted by molar-refractivity contribution is -0.00874. The van der Waals surface area contributed by atoms with Crippen LogP contribution >= 0.6 is 0 Å². The van der Waals surface area contributed by atoms with E-state index in [9.17, 15) is 0 Å². The Kier molecular flexibility index (Phi) is 6.10. The van der Waals surface area contributed by atoms with Crippen molar-refractivity contribution in [1.29, 1.82) is 0 Å². The van der Waals surface area contributed by atoms with Gasteiger partial charge in [-0.05, 0) is 64.8 Å². The number of nitrogens with zero attached hydrogens (tertiary/aromatic N) is 1. The lowest BCUT2D eigenvalue weighted by atomic mass is 9.78. The monoisotopic (exact) mass is 296 g/mol. The van der Waals surface area contributed by atoms with Gasteiger partial charge in [-0.25, -0.2) is 0 Å². The molecule has 1 heterocycles. The maximum Gasteiger partial charge on any atom is 0.0472 e. The van der Waals surface area contributed by atoms with E-state index in [-0.39, 0.29) is 5.54 Å². The van der Waals surface area contributed by atoms with Crippen molar-refractivity contribution in [2.75, 3.05) is 32.8 Å². The molecule has 2 aliphatic rings. The molecule has 0 aromatic heterocycles. The molecule has 0 bridgehead atoms. The highest BCUT2D eigenvalue weighted by molar-refractivity contribution is 4.93. The number of ether oxygens (including phenoxy) is 1. The third-order valence-corrected chi connectivity index (χ3v) is 4.95. The quantitative estimate of drug-likeness (QED) is 0.742. The molecule has 1 N–H and O–H groups in total. The van der Waals surface area contributed by atoms with Crippen molar-refractivity contribution in [1.82, 2.24) is 10.2 Å². The molecule has 2 fully saturated rings. The molecule has 0 amide bonds. The Morgan fingerprint density at radius 1 is 1.19 bits per heavy atom. The van der Waals surface area contributed by atoms with Crippen LogP contribution in [-0.2, 0) is 4.74 Å². The Balaban J connectivity index is 1.96. The van der Waals surface area contributed by atoms with Gasteiger partial charge in [-0.2, -0.15) is 0 Å². The maximum absolute atomic E-state index is 5.65. The summed E-state index contributed by atoms with van der Waals surface area (Å²) in [5.74, 6) is 0. The molecule has 0 aromatic rings. The molecule has 0 atom stereocenters. The molecule has 21 heavy (non-hydrogen) atoms. The van der Waals surface area contributed by atoms with Crippen LogP contribution < -0.4 is 5.32 Å². The van der Waals surface area contributed by atoms with Crippen molar-refractivity contribution in [3.63, 3.8) is 0 Å². The molecule has 1 saturated carbocycles. The summed E-state index contributed by atoms with van der Waals surface area (Å²) in [4.78, 5) is 2.79. The highest BCUT2D eigenvalue weighted by atomic mass is 16.5. The Labute approximate surface area is 131 Å². The average Bonchev–Trinajstić information content (AvgIpc) is 3.26. The largest absolute Gasteiger partial charge is 0.381 e. The van der Waals surface area contributed by atoms with Crippen molar-refractivity contribution in [2.45, 2.75) is 77.8 Å². The first-order valence-corrected chi connectivity index (χ1v) is 9.01. The molecule has 1 saturated heterocycles. The van der Waals surface area contributed by atoms with Crippen LogP contribution in [0.25, 0.3) is 0 Å². The van der Waals surface area contributed by atoms with Crippen LogP contribution in [0.1, 0.15) is 66.2 Å². The van der Waals surface area contributed by atoms with Crippen LogP contribution in [0.2, 0.25) is 0 Å². The van der Waals surface area contributed by atoms with Gasteiger partial charge in [-0.15, -0.1) is 0 Å². The predicted molar refractivity (Wildman–Crippen MR) is 89.7 cm³/mol. The van der Waals surface area contributed by atoms with Gasteiger partial charge in [0.25, 0.3) is 0 Å². The zero-order chi connectivity index (χ0) is 15.3. The molecule has 0 radical (unpaired) electrons. The molecule has 3 heteroatoms. The van der Waals surface area contributed by atoms with Gasteiger partial charge in [0, 0.05) is 37.9 Å². The van der Waals surface area contributed by atoms with Gasteiger partial charge in [0.1, 0.15) is 0 Å². The van der Waals surface area contributed by atoms with Crippen molar-refractivity contribution in [3.8, 4) is 0 Å². The first-order chi connectivity index (χ1) is 9.94. The first-order valence-electron chi connectivity index (χ1n) is 9.01. The van der Waals surface area contributed by atoms with Crippen LogP contribution in [0.15, 0.2) is 0 Å². The van der Waals surface area contributed by atoms with Crippen molar-refractivity contribution in [2.24, 2.45) is 5.41 Å². The minimum atomic E-state index is 0.207. The van der Waals surface area contributed by atoms with Gasteiger partial charge < -0.3 is 10.1 Å². The van der Waals surface area contributed by atoms with E-state index < -0.39 is 0 Å². The summed E-state index contributed by atoms with van der Waals surface area (Å²) in [5, 5.41) is 3.77. The van der Waals surface area contributed by atoms with Gasteiger partial charge in [0.05, 0.1) is 0 Å². The predicted octanol–water partition coefficient (Wildman–Crippen LogP) is 3.44. The molecule has 2 rings (SSSR count). The van der Waals surface area contributed by atoms with Gasteiger partial charge in [0.2, 0.25) is 0 Å². The zero-order valence-corrected chi connectivity index (χ0v) is 14.7. The molecule has 0 spiro atoms. The van der Waals surface area contributed by atoms with Crippen molar-refractivity contribution >= 4 is 0 Å². The fourth-order valence-corrected chi connectivity index (χ4v) is 3.27. The zero-order valence-electron chi connectivity index (χ0n) is 14.7. The summed E-state index contributed by atoms with van der Waals surface area (Å²) in [6.45, 7) is 14.7. The fourth-order valence-electron chi connectivity index (χ4n) is 3.27. The van der Waals surface area contributed by atoms with E-state index in [1.54, 1.807) is 0 Å². The van der Waals surface area contributed by atoms with E-state index in [1.165, 1.54) is 51.6 Å². The maximum atomic E-state index is 5.65. The Bertz CT molecular complexity index is 301. The number of unbranched alkanes of at least 4 members (excludes halogenated alkanes) is 1. The molecule has 124 valence electrons. The molecule has 1 aliphatic heterocycles. The molecular formula is C18H36N2O. The van der Waals surface area contributed by atoms with E-state index in [4.69, 9.17) is 4.74 Å². The summed E-state index contributed by atoms with van der Waals surface area (Å²) < 4.78 is 5.65. The second-order valence-corrected chi connectivity index (χ2v) is 8.27. The van der Waals surface area contributed by atoms with Crippen LogP contribution in [0.4, 0.5) is 0 Å². The Morgan fingerprint density at radius 2 is 1.86 bits per heavy atom. The summed E-state index contributed by atoms with van der Waals surface area (Å²) in [6.07, 6.45) is 7.91. The third-order valence-electron chi connectivity index (χ3n) is 4.95. The highest BCUT2D eigenvalue weighted by Crippen LogP contribution is 2.36. The number of hydrogen-bond donors (Lipinski definition) is 1. The number of hydrogen-bond acceptors (Lipinski definition) is 3. The minimum Gasteiger partial charge on any atom is -0.381 e. The topological polar surface area (TPSA) is 24.5 Å². The lowest BCUT2D eigenvalue weighted by Crippen LogP contribution is -2.51. The lowest BCUT2D eigenvalue weighted by Gasteiger charge is -2.43. The first kappa shape index (κ1) is 17.2. The van der Waals surface area contributed by atoms with Crippen LogP contribution in [0.3, 0.4) is 0 Å². The third kappa shape index (κ3) is 5.88. The second kappa shape index (κ2) is 7.43. The van der Waals surface area contributed by atoms with Crippen LogP contribution in [0, 0.1) is 5.41 Å². The van der Waals surface area contributed by atoms with E-state index in [0.717, 1.165) is 25.8 Å². The van der Waals surface area contributed by atoms with Gasteiger partial charge in [-0.1, -0.05) is 13.3 Å². The highest BCUT2D eigenvalue weighted by Gasteiger charge is 2.39. The Morgan fingerprint density at radius 3 is 2.38 bits per heavy atom. The van der Waals surface area contributed by atoms with Gasteiger partial charge in [0.15, 0.2) is 0 Å². The molecule has 3 nitrogen and oxygen atoms in total. The number of nitrogens with one attached hydrogen (secondary N) is 1. The summed E-state index contributed by atoms with van der Waals surface area (Å²) in [6, 6.07) is 0.880. The van der Waals surface area contributed by atoms with Gasteiger partial charge >= 0.3 is 0 Å². The minimum absolute atomic E-state index is 0.207. The average molecular weight is 296 g/mol. The van der Waals surface area contributed by atoms with Gasteiger partial charge in [-0.3, -0.25) is 4.90 Å². The SMILES string of the molecule is CCCCN(CC1(CNC(C)(C)C)CCOCC1)C1CC1. The fraction of sp³-hybridized carbons (Fsp3) is 1.00. The second-order valence-electron chi connectivity index (χ2n) is 8.27.